The summed E-state index contributed by atoms with van der Waals surface area (Å²) < 4.78 is 18.4. The number of aromatic nitrogens is 1. The van der Waals surface area contributed by atoms with Gasteiger partial charge >= 0.3 is 5.97 Å². The summed E-state index contributed by atoms with van der Waals surface area (Å²) in [5, 5.41) is 0. The Bertz CT molecular complexity index is 1160. The summed E-state index contributed by atoms with van der Waals surface area (Å²) in [6, 6.07) is 9.43. The van der Waals surface area contributed by atoms with Crippen LogP contribution in [0, 0.1) is 5.92 Å². The van der Waals surface area contributed by atoms with Crippen molar-refractivity contribution < 1.29 is 23.8 Å². The van der Waals surface area contributed by atoms with Crippen molar-refractivity contribution in [2.45, 2.75) is 45.9 Å². The molecule has 2 aliphatic heterocycles. The zero-order valence-electron chi connectivity index (χ0n) is 21.5. The maximum Gasteiger partial charge on any atom is 0.343 e. The maximum atomic E-state index is 13.0. The molecule has 1 unspecified atom stereocenters. The number of esters is 1. The van der Waals surface area contributed by atoms with E-state index in [4.69, 9.17) is 14.2 Å². The molecule has 1 aromatic carbocycles. The lowest BCUT2D eigenvalue weighted by molar-refractivity contribution is -0.126. The number of rotatable bonds is 8. The Morgan fingerprint density at radius 2 is 1.86 bits per heavy atom. The van der Waals surface area contributed by atoms with Crippen molar-refractivity contribution in [1.82, 2.24) is 14.4 Å². The first-order chi connectivity index (χ1) is 17.2. The highest BCUT2D eigenvalue weighted by atomic mass is 16.5. The number of carbonyl (C=O) groups is 2. The molecule has 1 atom stereocenters. The van der Waals surface area contributed by atoms with Crippen molar-refractivity contribution >= 4 is 11.9 Å². The van der Waals surface area contributed by atoms with Gasteiger partial charge in [0.2, 0.25) is 5.91 Å². The summed E-state index contributed by atoms with van der Waals surface area (Å²) in [5.41, 5.74) is 1.88. The number of benzene rings is 1. The third kappa shape index (κ3) is 5.90. The quantitative estimate of drug-likeness (QED) is 0.517. The molecular weight excluding hydrogens is 462 g/mol. The van der Waals surface area contributed by atoms with Gasteiger partial charge in [-0.2, -0.15) is 0 Å². The van der Waals surface area contributed by atoms with Gasteiger partial charge in [0.15, 0.2) is 0 Å². The summed E-state index contributed by atoms with van der Waals surface area (Å²) in [6.07, 6.45) is 1.03. The average molecular weight is 498 g/mol. The predicted molar refractivity (Wildman–Crippen MR) is 134 cm³/mol. The van der Waals surface area contributed by atoms with Crippen LogP contribution in [0.3, 0.4) is 0 Å². The van der Waals surface area contributed by atoms with Crippen molar-refractivity contribution in [1.29, 1.82) is 0 Å². The van der Waals surface area contributed by atoms with Crippen LogP contribution in [0.4, 0.5) is 0 Å². The van der Waals surface area contributed by atoms with Gasteiger partial charge in [0.1, 0.15) is 17.1 Å². The van der Waals surface area contributed by atoms with Gasteiger partial charge in [-0.25, -0.2) is 4.79 Å². The van der Waals surface area contributed by atoms with Crippen molar-refractivity contribution in [3.8, 4) is 11.5 Å². The first kappa shape index (κ1) is 25.8. The van der Waals surface area contributed by atoms with Crippen molar-refractivity contribution in [3.63, 3.8) is 0 Å². The number of likely N-dealkylation sites (tertiary alicyclic amines) is 1. The Hall–Kier alpha value is -3.33. The molecule has 4 rings (SSSR count). The Morgan fingerprint density at radius 3 is 2.50 bits per heavy atom. The Kier molecular flexibility index (Phi) is 7.98. The molecule has 1 amide bonds. The van der Waals surface area contributed by atoms with Gasteiger partial charge in [-0.1, -0.05) is 12.1 Å². The number of ether oxygens (including phenoxy) is 3. The summed E-state index contributed by atoms with van der Waals surface area (Å²) in [4.78, 5) is 41.6. The Balaban J connectivity index is 1.50. The Morgan fingerprint density at radius 1 is 1.11 bits per heavy atom. The minimum absolute atomic E-state index is 0.0161. The van der Waals surface area contributed by atoms with Crippen molar-refractivity contribution in [3.05, 3.63) is 57.5 Å². The SMILES string of the molecule is COC(=O)c1c(OCC2CC(=O)N(C)C2)cc(=O)n2c1CCN(Cc1ccc(OC(C)C)cc1)CC2. The monoisotopic (exact) mass is 497 g/mol. The second-order valence-electron chi connectivity index (χ2n) is 9.80. The number of methoxy groups -OCH3 is 1. The minimum atomic E-state index is -0.525. The van der Waals surface area contributed by atoms with E-state index in [2.05, 4.69) is 17.0 Å². The lowest BCUT2D eigenvalue weighted by Crippen LogP contribution is -2.29. The van der Waals surface area contributed by atoms with Crippen LogP contribution in [0.25, 0.3) is 0 Å². The highest BCUT2D eigenvalue weighted by Gasteiger charge is 2.30. The molecule has 9 heteroatoms. The first-order valence-corrected chi connectivity index (χ1v) is 12.4. The molecule has 36 heavy (non-hydrogen) atoms. The fourth-order valence-electron chi connectivity index (χ4n) is 4.87. The normalized spacial score (nSPS) is 18.2. The van der Waals surface area contributed by atoms with Crippen LogP contribution in [0.15, 0.2) is 35.1 Å². The summed E-state index contributed by atoms with van der Waals surface area (Å²) in [6.45, 7) is 7.39. The molecule has 0 saturated carbocycles. The topological polar surface area (TPSA) is 90.3 Å². The molecule has 0 radical (unpaired) electrons. The predicted octanol–water partition coefficient (Wildman–Crippen LogP) is 2.34. The standard InChI is InChI=1S/C27H35N3O6/c1-18(2)36-21-7-5-19(6-8-21)16-29-10-9-22-26(27(33)34-4)23(14-25(32)30(22)12-11-29)35-17-20-13-24(31)28(3)15-20/h5-8,14,18,20H,9-13,15-17H2,1-4H3. The number of pyridine rings is 1. The van der Waals surface area contributed by atoms with Gasteiger partial charge in [-0.3, -0.25) is 14.5 Å². The number of carbonyl (C=O) groups excluding carboxylic acids is 2. The van der Waals surface area contributed by atoms with E-state index in [9.17, 15) is 14.4 Å². The number of nitrogens with zero attached hydrogens (tertiary/aromatic N) is 3. The number of fused-ring (bicyclic) bond motifs is 1. The molecule has 2 aliphatic rings. The lowest BCUT2D eigenvalue weighted by atomic mass is 10.1. The molecule has 0 spiro atoms. The maximum absolute atomic E-state index is 13.0. The van der Waals surface area contributed by atoms with E-state index in [0.717, 1.165) is 17.9 Å². The first-order valence-electron chi connectivity index (χ1n) is 12.4. The lowest BCUT2D eigenvalue weighted by Gasteiger charge is -2.19. The van der Waals surface area contributed by atoms with Crippen LogP contribution in [-0.2, 0) is 29.0 Å². The molecule has 3 heterocycles. The summed E-state index contributed by atoms with van der Waals surface area (Å²) in [7, 11) is 3.09. The molecule has 194 valence electrons. The molecule has 0 N–H and O–H groups in total. The third-order valence-electron chi connectivity index (χ3n) is 6.67. The zero-order chi connectivity index (χ0) is 25.8. The van der Waals surface area contributed by atoms with Crippen molar-refractivity contribution in [2.75, 3.05) is 40.4 Å². The minimum Gasteiger partial charge on any atom is -0.492 e. The third-order valence-corrected chi connectivity index (χ3v) is 6.67. The highest BCUT2D eigenvalue weighted by Crippen LogP contribution is 2.26. The fraction of sp³-hybridized carbons (Fsp3) is 0.519. The molecule has 2 aromatic rings. The number of hydrogen-bond acceptors (Lipinski definition) is 7. The molecule has 0 aliphatic carbocycles. The van der Waals surface area contributed by atoms with E-state index in [1.165, 1.54) is 13.2 Å². The van der Waals surface area contributed by atoms with Gasteiger partial charge in [-0.15, -0.1) is 0 Å². The van der Waals surface area contributed by atoms with E-state index < -0.39 is 5.97 Å². The van der Waals surface area contributed by atoms with Crippen LogP contribution >= 0.6 is 0 Å². The smallest absolute Gasteiger partial charge is 0.343 e. The average Bonchev–Trinajstić information content (AvgIpc) is 3.03. The van der Waals surface area contributed by atoms with E-state index in [1.807, 2.05) is 26.0 Å². The molecule has 0 bridgehead atoms. The second-order valence-corrected chi connectivity index (χ2v) is 9.80. The fourth-order valence-corrected chi connectivity index (χ4v) is 4.87. The largest absolute Gasteiger partial charge is 0.492 e. The second kappa shape index (κ2) is 11.2. The van der Waals surface area contributed by atoms with Crippen molar-refractivity contribution in [2.24, 2.45) is 5.92 Å². The van der Waals surface area contributed by atoms with Crippen LogP contribution in [-0.4, -0.2) is 72.7 Å². The highest BCUT2D eigenvalue weighted by molar-refractivity contribution is 5.93. The van der Waals surface area contributed by atoms with Gasteiger partial charge in [-0.05, 0) is 31.5 Å². The summed E-state index contributed by atoms with van der Waals surface area (Å²) in [5.74, 6) is 0.632. The molecule has 1 saturated heterocycles. The molecule has 1 fully saturated rings. The van der Waals surface area contributed by atoms with Gasteiger partial charge in [0, 0.05) is 70.3 Å². The summed E-state index contributed by atoms with van der Waals surface area (Å²) >= 11 is 0. The Labute approximate surface area is 211 Å². The molecule has 1 aromatic heterocycles. The number of hydrogen-bond donors (Lipinski definition) is 0. The van der Waals surface area contributed by atoms with E-state index in [0.29, 0.717) is 50.3 Å². The van der Waals surface area contributed by atoms with E-state index in [-0.39, 0.29) is 35.8 Å². The van der Waals surface area contributed by atoms with Crippen LogP contribution in [0.2, 0.25) is 0 Å². The van der Waals surface area contributed by atoms with Gasteiger partial charge in [0.05, 0.1) is 19.8 Å². The van der Waals surface area contributed by atoms with E-state index in [1.54, 1.807) is 16.5 Å². The van der Waals surface area contributed by atoms with Gasteiger partial charge in [0.25, 0.3) is 5.56 Å². The van der Waals surface area contributed by atoms with Crippen LogP contribution in [0.5, 0.6) is 11.5 Å². The van der Waals surface area contributed by atoms with Crippen LogP contribution < -0.4 is 15.0 Å². The van der Waals surface area contributed by atoms with E-state index >= 15 is 0 Å². The van der Waals surface area contributed by atoms with Gasteiger partial charge < -0.3 is 23.7 Å². The molecule has 9 nitrogen and oxygen atoms in total. The number of amides is 1. The molecular formula is C27H35N3O6. The van der Waals surface area contributed by atoms with Crippen LogP contribution in [0.1, 0.15) is 41.9 Å². The zero-order valence-corrected chi connectivity index (χ0v) is 21.5.